The number of aromatic nitrogens is 1. The van der Waals surface area contributed by atoms with Gasteiger partial charge in [0.25, 0.3) is 0 Å². The molecule has 0 aliphatic heterocycles. The second kappa shape index (κ2) is 34.5. The van der Waals surface area contributed by atoms with Crippen LogP contribution in [0, 0.1) is 0 Å². The molecule has 15 heteroatoms. The summed E-state index contributed by atoms with van der Waals surface area (Å²) >= 11 is 0. The highest BCUT2D eigenvalue weighted by Gasteiger charge is 2.37. The maximum Gasteiger partial charge on any atom is 0.201 e. The van der Waals surface area contributed by atoms with Crippen molar-refractivity contribution in [3.63, 3.8) is 0 Å². The lowest BCUT2D eigenvalue weighted by Crippen LogP contribution is -2.24. The fourth-order valence-electron chi connectivity index (χ4n) is 14.6. The number of rotatable bonds is 12. The summed E-state index contributed by atoms with van der Waals surface area (Å²) in [6.07, 6.45) is 5.37. The Morgan fingerprint density at radius 1 is 0.223 bits per heavy atom. The molecule has 0 atom stereocenters. The van der Waals surface area contributed by atoms with E-state index in [1.807, 2.05) is 113 Å². The average molecular weight is 1490 g/mol. The smallest absolute Gasteiger partial charge is 0.201 e. The first-order chi connectivity index (χ1) is 54.4. The largest absolute Gasteiger partial charge is 0.496 e. The van der Waals surface area contributed by atoms with Gasteiger partial charge in [0.2, 0.25) is 5.78 Å². The Labute approximate surface area is 651 Å². The minimum Gasteiger partial charge on any atom is -0.496 e. The number of ketones is 8. The molecule has 4 aliphatic carbocycles. The predicted molar refractivity (Wildman–Crippen MR) is 438 cm³/mol. The van der Waals surface area contributed by atoms with Gasteiger partial charge in [0.1, 0.15) is 34.5 Å². The summed E-state index contributed by atoms with van der Waals surface area (Å²) in [5.74, 6) is 2.42. The molecule has 0 saturated heterocycles. The Hall–Kier alpha value is -13.3. The molecule has 0 N–H and O–H groups in total. The quantitative estimate of drug-likeness (QED) is 0.104. The molecule has 0 saturated carbocycles. The molecule has 1 heterocycles. The van der Waals surface area contributed by atoms with Gasteiger partial charge in [-0.3, -0.25) is 38.4 Å². The lowest BCUT2D eigenvalue weighted by molar-refractivity contribution is 0.0974. The van der Waals surface area contributed by atoms with Crippen LogP contribution in [0.15, 0.2) is 224 Å². The second-order valence-corrected chi connectivity index (χ2v) is 26.8. The average Bonchev–Trinajstić information content (AvgIpc) is 0.768. The third-order valence-corrected chi connectivity index (χ3v) is 20.7. The third-order valence-electron chi connectivity index (χ3n) is 20.7. The summed E-state index contributed by atoms with van der Waals surface area (Å²) in [7, 11) is 9.27. The van der Waals surface area contributed by atoms with Crippen LogP contribution in [0.3, 0.4) is 0 Å². The van der Waals surface area contributed by atoms with Crippen LogP contribution in [-0.2, 0) is 38.5 Å². The van der Waals surface area contributed by atoms with E-state index >= 15 is 0 Å². The van der Waals surface area contributed by atoms with Crippen molar-refractivity contribution in [1.29, 1.82) is 0 Å². The predicted octanol–water partition coefficient (Wildman–Crippen LogP) is 19.5. The first-order valence-corrected chi connectivity index (χ1v) is 37.4. The number of carbonyl (C=O) groups is 8. The molecule has 0 amide bonds. The van der Waals surface area contributed by atoms with Crippen molar-refractivity contribution < 1.29 is 66.8 Å². The molecule has 0 fully saturated rings. The lowest BCUT2D eigenvalue weighted by Gasteiger charge is -2.22. The maximum atomic E-state index is 12.7. The van der Waals surface area contributed by atoms with E-state index in [1.165, 1.54) is 50.3 Å². The van der Waals surface area contributed by atoms with E-state index in [4.69, 9.17) is 33.4 Å². The highest BCUT2D eigenvalue weighted by Crippen LogP contribution is 2.41. The monoisotopic (exact) mass is 1490 g/mol. The van der Waals surface area contributed by atoms with Crippen molar-refractivity contribution >= 4 is 78.8 Å². The number of benzene rings is 12. The van der Waals surface area contributed by atoms with Gasteiger partial charge in [-0.05, 0) is 151 Å². The number of hydrogen-bond donors (Lipinski definition) is 0. The molecule has 13 aromatic rings. The molecule has 0 spiro atoms. The molecular weight excluding hydrogens is 1400 g/mol. The Morgan fingerprint density at radius 3 is 0.848 bits per heavy atom. The number of ether oxygens (including phenoxy) is 6. The maximum absolute atomic E-state index is 12.7. The number of hydrogen-bond acceptors (Lipinski definition) is 15. The Balaban J connectivity index is 0.000000125. The number of methoxy groups -OCH3 is 6. The molecule has 0 unspecified atom stereocenters. The summed E-state index contributed by atoms with van der Waals surface area (Å²) in [5.41, 5.74) is 16.2. The number of nitrogens with zero attached hydrogens (tertiary/aromatic N) is 1. The molecule has 12 aromatic carbocycles. The summed E-state index contributed by atoms with van der Waals surface area (Å²) in [4.78, 5) is 106. The van der Waals surface area contributed by atoms with Gasteiger partial charge in [-0.2, -0.15) is 0 Å². The SMILES string of the molecule is CCc1ccc(CC)c2c1C(=O)c1ccccc1C2=O.CCc1ccc2c(c1)C(=O)c1ccc(CC)cc1C2=O.CCc1ccc2nc3ccc(CC)cc3cc2c1.COc1ccc(OC)c2ccccc12.COc1cccc2c1C(=O)c1c(OC)cccc1C2=O.COc1cccc2c1C(=O)c1cccc(OC)c1C2=O. The van der Waals surface area contributed by atoms with Crippen LogP contribution in [0.2, 0.25) is 0 Å². The van der Waals surface area contributed by atoms with Crippen molar-refractivity contribution in [2.24, 2.45) is 0 Å². The van der Waals surface area contributed by atoms with Gasteiger partial charge in [-0.15, -0.1) is 0 Å². The molecule has 17 rings (SSSR count). The minimum absolute atomic E-state index is 0.0117. The van der Waals surface area contributed by atoms with Crippen molar-refractivity contribution in [2.45, 2.75) is 80.1 Å². The number of aryl methyl sites for hydroxylation is 6. The highest BCUT2D eigenvalue weighted by atomic mass is 16.5. The fraction of sp³-hybridized carbons (Fsp3) is 0.186. The fourth-order valence-corrected chi connectivity index (χ4v) is 14.6. The summed E-state index contributed by atoms with van der Waals surface area (Å²) < 4.78 is 31.4. The Bertz CT molecular complexity index is 5590. The molecule has 562 valence electrons. The summed E-state index contributed by atoms with van der Waals surface area (Å²) in [6, 6.07) is 69.5. The molecule has 0 bridgehead atoms. The van der Waals surface area contributed by atoms with Crippen LogP contribution in [0.1, 0.15) is 202 Å². The van der Waals surface area contributed by atoms with Crippen molar-refractivity contribution in [2.75, 3.05) is 42.7 Å². The van der Waals surface area contributed by atoms with Gasteiger partial charge in [-0.1, -0.05) is 187 Å². The van der Waals surface area contributed by atoms with Gasteiger partial charge < -0.3 is 28.4 Å². The van der Waals surface area contributed by atoms with Crippen molar-refractivity contribution in [1.82, 2.24) is 4.98 Å². The lowest BCUT2D eigenvalue weighted by atomic mass is 9.79. The number of pyridine rings is 1. The molecule has 4 aliphatic rings. The third kappa shape index (κ3) is 15.0. The molecule has 15 nitrogen and oxygen atoms in total. The zero-order valence-electron chi connectivity index (χ0n) is 64.8. The minimum atomic E-state index is -0.246. The van der Waals surface area contributed by atoms with Gasteiger partial charge in [0.15, 0.2) is 40.5 Å². The van der Waals surface area contributed by atoms with Gasteiger partial charge >= 0.3 is 0 Å². The highest BCUT2D eigenvalue weighted by molar-refractivity contribution is 6.32. The van der Waals surface area contributed by atoms with Crippen LogP contribution >= 0.6 is 0 Å². The molecular formula is C97H85NO14. The van der Waals surface area contributed by atoms with Gasteiger partial charge in [0, 0.05) is 88.3 Å². The standard InChI is InChI=1S/2C18H16O2.C17H17N.2C16H12O4.C12H12O2/c1-3-11-5-7-13-15(9-11)17(19)14-8-6-12(4-2)10-16(14)18(13)20;1-3-11-9-10-12(4-2)16-15(11)17(19)13-7-5-6-8-14(13)18(16)20;1-3-12-5-7-16-14(9-12)11-15-10-13(4-2)6-8-17(15)18-16;1-19-11-7-3-5-9-13(11)15(17)10-6-4-8-12(20-2)14(10)16(9)18;1-19-11-7-3-5-9-13(11)16(18)14-10(15(9)17)6-4-8-12(14)20-2;1-13-11-7-8-12(14-2)10-6-4-3-5-9(10)11/h2*5-10H,3-4H2,1-2H3;5-11H,3-4H2,1-2H3;2*3-8H,1-2H3;3-8H,1-2H3. The van der Waals surface area contributed by atoms with Crippen molar-refractivity contribution in [3.05, 3.63) is 347 Å². The van der Waals surface area contributed by atoms with Crippen molar-refractivity contribution in [3.8, 4) is 34.5 Å². The zero-order valence-corrected chi connectivity index (χ0v) is 64.8. The molecule has 1 aromatic heterocycles. The summed E-state index contributed by atoms with van der Waals surface area (Å²) in [6.45, 7) is 12.5. The number of carbonyl (C=O) groups excluding carboxylic acids is 8. The topological polar surface area (TPSA) is 205 Å². The van der Waals surface area contributed by atoms with Gasteiger partial charge in [0.05, 0.1) is 75.9 Å². The van der Waals surface area contributed by atoms with Gasteiger partial charge in [-0.25, -0.2) is 4.98 Å². The van der Waals surface area contributed by atoms with E-state index in [1.54, 1.807) is 111 Å². The normalized spacial score (nSPS) is 12.3. The first-order valence-electron chi connectivity index (χ1n) is 37.4. The Kier molecular flexibility index (Phi) is 24.1. The van der Waals surface area contributed by atoms with E-state index in [9.17, 15) is 38.4 Å². The van der Waals surface area contributed by atoms with E-state index in [2.05, 4.69) is 56.3 Å². The first kappa shape index (κ1) is 78.3. The van der Waals surface area contributed by atoms with Crippen LogP contribution in [-0.4, -0.2) is 93.9 Å². The summed E-state index contributed by atoms with van der Waals surface area (Å²) in [5, 5.41) is 4.65. The molecule has 0 radical (unpaired) electrons. The van der Waals surface area contributed by atoms with Crippen LogP contribution in [0.5, 0.6) is 34.5 Å². The van der Waals surface area contributed by atoms with E-state index in [-0.39, 0.29) is 46.3 Å². The van der Waals surface area contributed by atoms with E-state index in [0.717, 1.165) is 94.1 Å². The van der Waals surface area contributed by atoms with Crippen LogP contribution < -0.4 is 28.4 Å². The van der Waals surface area contributed by atoms with Crippen LogP contribution in [0.25, 0.3) is 32.6 Å². The zero-order chi connectivity index (χ0) is 79.6. The van der Waals surface area contributed by atoms with Crippen LogP contribution in [0.4, 0.5) is 0 Å². The number of fused-ring (bicyclic) bond motifs is 11. The van der Waals surface area contributed by atoms with E-state index in [0.29, 0.717) is 112 Å². The molecule has 112 heavy (non-hydrogen) atoms. The van der Waals surface area contributed by atoms with E-state index < -0.39 is 0 Å². The second-order valence-electron chi connectivity index (χ2n) is 26.8. The Morgan fingerprint density at radius 2 is 0.509 bits per heavy atom.